The fraction of sp³-hybridized carbons (Fsp3) is 0.667. The van der Waals surface area contributed by atoms with E-state index in [4.69, 9.17) is 0 Å². The summed E-state index contributed by atoms with van der Waals surface area (Å²) in [5.74, 6) is 1.14. The topological polar surface area (TPSA) is 37.8 Å². The van der Waals surface area contributed by atoms with Crippen LogP contribution in [0.15, 0.2) is 23.6 Å². The van der Waals surface area contributed by atoms with Gasteiger partial charge in [0.25, 0.3) is 0 Å². The van der Waals surface area contributed by atoms with Crippen molar-refractivity contribution < 1.29 is 0 Å². The van der Waals surface area contributed by atoms with Gasteiger partial charge in [0.2, 0.25) is 0 Å². The Bertz CT molecular complexity index is 266. The largest absolute Gasteiger partial charge is 0.314 e. The molecule has 0 amide bonds. The lowest BCUT2D eigenvalue weighted by Crippen LogP contribution is -2.28. The van der Waals surface area contributed by atoms with Crippen LogP contribution in [0.5, 0.6) is 0 Å². The molecule has 0 saturated heterocycles. The minimum absolute atomic E-state index is 0.677. The van der Waals surface area contributed by atoms with Crippen LogP contribution in [0, 0.1) is 0 Å². The molecule has 1 aromatic heterocycles. The van der Waals surface area contributed by atoms with E-state index >= 15 is 0 Å². The van der Waals surface area contributed by atoms with Gasteiger partial charge in [-0.3, -0.25) is 0 Å². The summed E-state index contributed by atoms with van der Waals surface area (Å²) >= 11 is 1.81. The lowest BCUT2D eigenvalue weighted by molar-refractivity contribution is 0.477. The predicted molar refractivity (Wildman–Crippen MR) is 69.7 cm³/mol. The van der Waals surface area contributed by atoms with Crippen molar-refractivity contribution in [1.82, 2.24) is 15.3 Å². The van der Waals surface area contributed by atoms with Crippen LogP contribution in [0.2, 0.25) is 0 Å². The van der Waals surface area contributed by atoms with Crippen LogP contribution in [-0.4, -0.2) is 28.3 Å². The van der Waals surface area contributed by atoms with Crippen molar-refractivity contribution in [3.05, 3.63) is 18.6 Å². The number of hydrogen-bond acceptors (Lipinski definition) is 4. The summed E-state index contributed by atoms with van der Waals surface area (Å²) < 4.78 is 0. The zero-order valence-corrected chi connectivity index (χ0v) is 11.0. The Morgan fingerprint density at radius 2 is 2.31 bits per heavy atom. The molecule has 3 nitrogen and oxygen atoms in total. The van der Waals surface area contributed by atoms with E-state index in [0.717, 1.165) is 17.3 Å². The van der Waals surface area contributed by atoms with Gasteiger partial charge in [-0.05, 0) is 37.6 Å². The summed E-state index contributed by atoms with van der Waals surface area (Å²) in [6, 6.07) is 2.64. The van der Waals surface area contributed by atoms with Crippen LogP contribution in [0.3, 0.4) is 0 Å². The van der Waals surface area contributed by atoms with Crippen LogP contribution in [-0.2, 0) is 0 Å². The first kappa shape index (κ1) is 13.5. The van der Waals surface area contributed by atoms with Crippen molar-refractivity contribution in [2.24, 2.45) is 0 Å². The second-order valence-electron chi connectivity index (χ2n) is 3.70. The van der Waals surface area contributed by atoms with Crippen LogP contribution >= 0.6 is 11.8 Å². The predicted octanol–water partition coefficient (Wildman–Crippen LogP) is 2.74. The zero-order chi connectivity index (χ0) is 11.6. The number of aromatic nitrogens is 2. The van der Waals surface area contributed by atoms with Crippen LogP contribution in [0.1, 0.15) is 33.1 Å². The number of nitrogens with one attached hydrogen (secondary N) is 1. The number of thioether (sulfide) groups is 1. The van der Waals surface area contributed by atoms with Gasteiger partial charge in [0.15, 0.2) is 0 Å². The molecule has 1 heterocycles. The Morgan fingerprint density at radius 3 is 2.94 bits per heavy atom. The van der Waals surface area contributed by atoms with Crippen LogP contribution < -0.4 is 5.32 Å². The van der Waals surface area contributed by atoms with Gasteiger partial charge in [0, 0.05) is 12.2 Å². The van der Waals surface area contributed by atoms with Gasteiger partial charge in [0.05, 0.1) is 5.03 Å². The van der Waals surface area contributed by atoms with E-state index in [1.54, 1.807) is 12.5 Å². The molecule has 1 aromatic rings. The lowest BCUT2D eigenvalue weighted by atomic mass is 10.1. The van der Waals surface area contributed by atoms with Gasteiger partial charge in [-0.25, -0.2) is 9.97 Å². The van der Waals surface area contributed by atoms with Gasteiger partial charge in [-0.2, -0.15) is 0 Å². The van der Waals surface area contributed by atoms with Crippen molar-refractivity contribution in [3.8, 4) is 0 Å². The summed E-state index contributed by atoms with van der Waals surface area (Å²) in [7, 11) is 0. The third-order valence-corrected chi connectivity index (χ3v) is 3.52. The first-order chi connectivity index (χ1) is 7.86. The maximum Gasteiger partial charge on any atom is 0.116 e. The SMILES string of the molecule is CCNC(CC)CCCSc1ccncn1. The summed E-state index contributed by atoms with van der Waals surface area (Å²) in [6.45, 7) is 5.47. The van der Waals surface area contributed by atoms with Crippen molar-refractivity contribution >= 4 is 11.8 Å². The monoisotopic (exact) mass is 239 g/mol. The van der Waals surface area contributed by atoms with Gasteiger partial charge in [-0.1, -0.05) is 13.8 Å². The highest BCUT2D eigenvalue weighted by molar-refractivity contribution is 7.99. The van der Waals surface area contributed by atoms with E-state index < -0.39 is 0 Å². The quantitative estimate of drug-likeness (QED) is 0.430. The number of rotatable bonds is 8. The second-order valence-corrected chi connectivity index (χ2v) is 4.82. The molecule has 0 aliphatic carbocycles. The Morgan fingerprint density at radius 1 is 1.44 bits per heavy atom. The average Bonchev–Trinajstić information content (AvgIpc) is 2.34. The third kappa shape index (κ3) is 5.47. The molecule has 0 saturated carbocycles. The van der Waals surface area contributed by atoms with Gasteiger partial charge in [0.1, 0.15) is 6.33 Å². The molecule has 0 radical (unpaired) electrons. The Kier molecular flexibility index (Phi) is 7.17. The molecule has 1 atom stereocenters. The molecular formula is C12H21N3S. The fourth-order valence-corrected chi connectivity index (χ4v) is 2.41. The molecule has 0 bridgehead atoms. The summed E-state index contributed by atoms with van der Waals surface area (Å²) in [5.41, 5.74) is 0. The summed E-state index contributed by atoms with van der Waals surface area (Å²) in [4.78, 5) is 8.09. The smallest absolute Gasteiger partial charge is 0.116 e. The molecule has 0 aromatic carbocycles. The zero-order valence-electron chi connectivity index (χ0n) is 10.1. The highest BCUT2D eigenvalue weighted by Crippen LogP contribution is 2.16. The van der Waals surface area contributed by atoms with Gasteiger partial charge >= 0.3 is 0 Å². The molecule has 1 rings (SSSR count). The molecule has 4 heteroatoms. The van der Waals surface area contributed by atoms with E-state index in [-0.39, 0.29) is 0 Å². The minimum Gasteiger partial charge on any atom is -0.314 e. The van der Waals surface area contributed by atoms with E-state index in [2.05, 4.69) is 29.1 Å². The van der Waals surface area contributed by atoms with E-state index in [1.165, 1.54) is 19.3 Å². The standard InChI is InChI=1S/C12H21N3S/c1-3-11(14-4-2)6-5-9-16-12-7-8-13-10-15-12/h7-8,10-11,14H,3-6,9H2,1-2H3. The first-order valence-electron chi connectivity index (χ1n) is 5.99. The average molecular weight is 239 g/mol. The lowest BCUT2D eigenvalue weighted by Gasteiger charge is -2.14. The van der Waals surface area contributed by atoms with Crippen molar-refractivity contribution in [2.75, 3.05) is 12.3 Å². The normalized spacial score (nSPS) is 12.6. The van der Waals surface area contributed by atoms with Gasteiger partial charge < -0.3 is 5.32 Å². The molecule has 90 valence electrons. The van der Waals surface area contributed by atoms with Crippen LogP contribution in [0.25, 0.3) is 0 Å². The molecular weight excluding hydrogens is 218 g/mol. The molecule has 0 aliphatic heterocycles. The fourth-order valence-electron chi connectivity index (χ4n) is 1.61. The molecule has 1 unspecified atom stereocenters. The van der Waals surface area contributed by atoms with Crippen molar-refractivity contribution in [1.29, 1.82) is 0 Å². The second kappa shape index (κ2) is 8.53. The Labute approximate surface area is 102 Å². The van der Waals surface area contributed by atoms with E-state index in [0.29, 0.717) is 6.04 Å². The van der Waals surface area contributed by atoms with E-state index in [9.17, 15) is 0 Å². The molecule has 0 aliphatic rings. The maximum absolute atomic E-state index is 4.19. The highest BCUT2D eigenvalue weighted by Gasteiger charge is 2.03. The van der Waals surface area contributed by atoms with Gasteiger partial charge in [-0.15, -0.1) is 11.8 Å². The van der Waals surface area contributed by atoms with Crippen LogP contribution in [0.4, 0.5) is 0 Å². The minimum atomic E-state index is 0.677. The van der Waals surface area contributed by atoms with Crippen molar-refractivity contribution in [3.63, 3.8) is 0 Å². The third-order valence-electron chi connectivity index (χ3n) is 2.49. The number of hydrogen-bond donors (Lipinski definition) is 1. The Hall–Kier alpha value is -0.610. The number of nitrogens with zero attached hydrogens (tertiary/aromatic N) is 2. The first-order valence-corrected chi connectivity index (χ1v) is 6.97. The Balaban J connectivity index is 2.11. The highest BCUT2D eigenvalue weighted by atomic mass is 32.2. The van der Waals surface area contributed by atoms with Crippen molar-refractivity contribution in [2.45, 2.75) is 44.2 Å². The summed E-state index contributed by atoms with van der Waals surface area (Å²) in [6.07, 6.45) is 7.10. The molecule has 0 fully saturated rings. The molecule has 1 N–H and O–H groups in total. The maximum atomic E-state index is 4.19. The van der Waals surface area contributed by atoms with E-state index in [1.807, 2.05) is 17.8 Å². The molecule has 16 heavy (non-hydrogen) atoms. The summed E-state index contributed by atoms with van der Waals surface area (Å²) in [5, 5.41) is 4.57. The molecule has 0 spiro atoms.